The van der Waals surface area contributed by atoms with Gasteiger partial charge in [-0.05, 0) is 19.8 Å². The average molecular weight is 275 g/mol. The Hall–Kier alpha value is -1.03. The fourth-order valence-electron chi connectivity index (χ4n) is 1.91. The van der Waals surface area contributed by atoms with Crippen LogP contribution in [0.5, 0.6) is 0 Å². The number of alkyl halides is 1. The molecule has 5 heteroatoms. The van der Waals surface area contributed by atoms with Gasteiger partial charge >= 0.3 is 11.9 Å². The van der Waals surface area contributed by atoms with Gasteiger partial charge in [-0.3, -0.25) is 0 Å². The second kappa shape index (κ2) is 8.14. The Morgan fingerprint density at radius 1 is 1.17 bits per heavy atom. The Bertz CT molecular complexity index is 314. The largest absolute Gasteiger partial charge is 0.463 e. The molecule has 0 bridgehead atoms. The molecule has 0 aromatic heterocycles. The van der Waals surface area contributed by atoms with E-state index >= 15 is 0 Å². The predicted molar refractivity (Wildman–Crippen MR) is 68.3 cm³/mol. The maximum absolute atomic E-state index is 11.3. The minimum absolute atomic E-state index is 0.0839. The lowest BCUT2D eigenvalue weighted by atomic mass is 9.89. The van der Waals surface area contributed by atoms with Crippen LogP contribution in [-0.2, 0) is 19.1 Å². The summed E-state index contributed by atoms with van der Waals surface area (Å²) < 4.78 is 9.71. The molecule has 0 heterocycles. The van der Waals surface area contributed by atoms with Crippen molar-refractivity contribution in [2.75, 3.05) is 13.2 Å². The fraction of sp³-hybridized carbons (Fsp3) is 0.692. The molecule has 1 aliphatic carbocycles. The van der Waals surface area contributed by atoms with Gasteiger partial charge in [0.1, 0.15) is 0 Å². The fourth-order valence-corrected chi connectivity index (χ4v) is 2.27. The van der Waals surface area contributed by atoms with E-state index in [1.807, 2.05) is 0 Å². The maximum Gasteiger partial charge on any atom is 0.331 e. The summed E-state index contributed by atoms with van der Waals surface area (Å²) in [5.41, 5.74) is 0. The van der Waals surface area contributed by atoms with Crippen LogP contribution in [0.25, 0.3) is 0 Å². The topological polar surface area (TPSA) is 52.6 Å². The molecular formula is C13H19ClO4. The normalized spacial score (nSPS) is 23.9. The van der Waals surface area contributed by atoms with Crippen molar-refractivity contribution in [2.24, 2.45) is 5.92 Å². The Morgan fingerprint density at radius 3 is 2.39 bits per heavy atom. The highest BCUT2D eigenvalue weighted by molar-refractivity contribution is 6.20. The van der Waals surface area contributed by atoms with Crippen LogP contribution in [0, 0.1) is 5.92 Å². The van der Waals surface area contributed by atoms with Gasteiger partial charge in [-0.1, -0.05) is 12.8 Å². The smallest absolute Gasteiger partial charge is 0.331 e. The molecule has 1 saturated carbocycles. The highest BCUT2D eigenvalue weighted by atomic mass is 35.5. The lowest BCUT2D eigenvalue weighted by molar-refractivity contribution is -0.141. The van der Waals surface area contributed by atoms with Crippen LogP contribution in [0.4, 0.5) is 0 Å². The van der Waals surface area contributed by atoms with Gasteiger partial charge in [0.15, 0.2) is 0 Å². The monoisotopic (exact) mass is 274 g/mol. The molecule has 0 radical (unpaired) electrons. The number of ether oxygens (including phenoxy) is 2. The van der Waals surface area contributed by atoms with E-state index in [0.29, 0.717) is 6.61 Å². The molecule has 1 fully saturated rings. The van der Waals surface area contributed by atoms with Crippen molar-refractivity contribution in [2.45, 2.75) is 38.0 Å². The number of carbonyl (C=O) groups excluding carboxylic acids is 2. The molecule has 0 amide bonds. The van der Waals surface area contributed by atoms with Gasteiger partial charge in [-0.2, -0.15) is 0 Å². The SMILES string of the molecule is CCOC(=O)/C=C/C(=O)OCC1CCCCC1Cl. The zero-order valence-electron chi connectivity index (χ0n) is 10.6. The summed E-state index contributed by atoms with van der Waals surface area (Å²) in [5, 5.41) is 0.0839. The quantitative estimate of drug-likeness (QED) is 0.439. The predicted octanol–water partition coefficient (Wildman–Crippen LogP) is 2.45. The molecule has 0 aromatic rings. The molecule has 102 valence electrons. The maximum atomic E-state index is 11.3. The second-order valence-electron chi connectivity index (χ2n) is 4.28. The highest BCUT2D eigenvalue weighted by Crippen LogP contribution is 2.28. The third kappa shape index (κ3) is 5.54. The van der Waals surface area contributed by atoms with Crippen molar-refractivity contribution in [3.8, 4) is 0 Å². The first-order valence-electron chi connectivity index (χ1n) is 6.29. The van der Waals surface area contributed by atoms with E-state index in [0.717, 1.165) is 37.8 Å². The van der Waals surface area contributed by atoms with Gasteiger partial charge < -0.3 is 9.47 Å². The molecular weight excluding hydrogens is 256 g/mol. The Labute approximate surface area is 112 Å². The second-order valence-corrected chi connectivity index (χ2v) is 4.84. The molecule has 1 rings (SSSR count). The number of hydrogen-bond acceptors (Lipinski definition) is 4. The standard InChI is InChI=1S/C13H19ClO4/c1-2-17-12(15)7-8-13(16)18-9-10-5-3-4-6-11(10)14/h7-8,10-11H,2-6,9H2,1H3/b8-7+. The molecule has 0 aliphatic heterocycles. The number of rotatable bonds is 5. The molecule has 0 saturated heterocycles. The first kappa shape index (κ1) is 15.0. The van der Waals surface area contributed by atoms with Gasteiger partial charge in [0.05, 0.1) is 13.2 Å². The van der Waals surface area contributed by atoms with Crippen LogP contribution < -0.4 is 0 Å². The van der Waals surface area contributed by atoms with Crippen LogP contribution in [0.2, 0.25) is 0 Å². The van der Waals surface area contributed by atoms with E-state index in [2.05, 4.69) is 4.74 Å². The summed E-state index contributed by atoms with van der Waals surface area (Å²) in [5.74, 6) is -0.847. The van der Waals surface area contributed by atoms with Crippen LogP contribution in [0.3, 0.4) is 0 Å². The van der Waals surface area contributed by atoms with E-state index in [1.54, 1.807) is 6.92 Å². The average Bonchev–Trinajstić information content (AvgIpc) is 2.36. The van der Waals surface area contributed by atoms with Crippen LogP contribution in [0.1, 0.15) is 32.6 Å². The Kier molecular flexibility index (Phi) is 6.80. The van der Waals surface area contributed by atoms with Crippen molar-refractivity contribution >= 4 is 23.5 Å². The van der Waals surface area contributed by atoms with E-state index in [9.17, 15) is 9.59 Å². The van der Waals surface area contributed by atoms with Crippen molar-refractivity contribution < 1.29 is 19.1 Å². The molecule has 0 aromatic carbocycles. The summed E-state index contributed by atoms with van der Waals surface area (Å²) >= 11 is 6.15. The molecule has 1 aliphatic rings. The van der Waals surface area contributed by atoms with Crippen molar-refractivity contribution in [1.82, 2.24) is 0 Å². The van der Waals surface area contributed by atoms with Gasteiger partial charge in [0.2, 0.25) is 0 Å². The summed E-state index contributed by atoms with van der Waals surface area (Å²) in [7, 11) is 0. The molecule has 2 unspecified atom stereocenters. The summed E-state index contributed by atoms with van der Waals surface area (Å²) in [6.07, 6.45) is 6.39. The number of hydrogen-bond donors (Lipinski definition) is 0. The summed E-state index contributed by atoms with van der Waals surface area (Å²) in [6.45, 7) is 2.31. The molecule has 18 heavy (non-hydrogen) atoms. The lowest BCUT2D eigenvalue weighted by Crippen LogP contribution is -2.25. The summed E-state index contributed by atoms with van der Waals surface area (Å²) in [4.78, 5) is 22.3. The molecule has 4 nitrogen and oxygen atoms in total. The van der Waals surface area contributed by atoms with Crippen LogP contribution in [-0.4, -0.2) is 30.5 Å². The van der Waals surface area contributed by atoms with E-state index in [1.165, 1.54) is 0 Å². The van der Waals surface area contributed by atoms with Gasteiger partial charge in [-0.15, -0.1) is 11.6 Å². The van der Waals surface area contributed by atoms with E-state index < -0.39 is 11.9 Å². The van der Waals surface area contributed by atoms with Gasteiger partial charge in [0.25, 0.3) is 0 Å². The Balaban J connectivity index is 2.25. The van der Waals surface area contributed by atoms with E-state index in [4.69, 9.17) is 16.3 Å². The first-order valence-corrected chi connectivity index (χ1v) is 6.72. The van der Waals surface area contributed by atoms with Crippen molar-refractivity contribution in [3.05, 3.63) is 12.2 Å². The first-order chi connectivity index (χ1) is 8.63. The lowest BCUT2D eigenvalue weighted by Gasteiger charge is -2.26. The van der Waals surface area contributed by atoms with Crippen molar-refractivity contribution in [3.63, 3.8) is 0 Å². The zero-order valence-corrected chi connectivity index (χ0v) is 11.3. The van der Waals surface area contributed by atoms with Crippen LogP contribution >= 0.6 is 11.6 Å². The van der Waals surface area contributed by atoms with Crippen molar-refractivity contribution in [1.29, 1.82) is 0 Å². The third-order valence-electron chi connectivity index (χ3n) is 2.90. The number of esters is 2. The molecule has 0 N–H and O–H groups in total. The molecule has 0 spiro atoms. The van der Waals surface area contributed by atoms with Gasteiger partial charge in [-0.25, -0.2) is 9.59 Å². The van der Waals surface area contributed by atoms with E-state index in [-0.39, 0.29) is 17.9 Å². The minimum Gasteiger partial charge on any atom is -0.463 e. The van der Waals surface area contributed by atoms with Gasteiger partial charge in [0, 0.05) is 23.4 Å². The minimum atomic E-state index is -0.540. The highest BCUT2D eigenvalue weighted by Gasteiger charge is 2.24. The number of carbonyl (C=O) groups is 2. The zero-order chi connectivity index (χ0) is 13.4. The Morgan fingerprint density at radius 2 is 1.78 bits per heavy atom. The number of halogens is 1. The molecule has 2 atom stereocenters. The summed E-state index contributed by atoms with van der Waals surface area (Å²) in [6, 6.07) is 0. The van der Waals surface area contributed by atoms with Crippen LogP contribution in [0.15, 0.2) is 12.2 Å². The third-order valence-corrected chi connectivity index (χ3v) is 3.47.